The fourth-order valence-corrected chi connectivity index (χ4v) is 4.44. The van der Waals surface area contributed by atoms with Crippen LogP contribution in [0.3, 0.4) is 0 Å². The highest BCUT2D eigenvalue weighted by Crippen LogP contribution is 2.68. The molecule has 0 radical (unpaired) electrons. The number of piperidine rings is 1. The number of alkyl halides is 3. The summed E-state index contributed by atoms with van der Waals surface area (Å²) in [4.78, 5) is 34.2. The number of fused-ring (bicyclic) bond motifs is 1. The van der Waals surface area contributed by atoms with E-state index in [0.717, 1.165) is 11.1 Å². The summed E-state index contributed by atoms with van der Waals surface area (Å²) in [6, 6.07) is 11.4. The Morgan fingerprint density at radius 3 is 1.89 bits per heavy atom. The zero-order valence-electron chi connectivity index (χ0n) is 19.4. The molecule has 2 aliphatic rings. The molecule has 37 heavy (non-hydrogen) atoms. The van der Waals surface area contributed by atoms with E-state index in [1.807, 2.05) is 11.0 Å². The summed E-state index contributed by atoms with van der Waals surface area (Å²) in [6.07, 6.45) is -4.91. The van der Waals surface area contributed by atoms with Crippen LogP contribution in [0.25, 0.3) is 0 Å². The topological polar surface area (TPSA) is 134 Å². The molecule has 0 spiro atoms. The first-order valence-electron chi connectivity index (χ1n) is 10.8. The molecule has 1 aliphatic heterocycles. The van der Waals surface area contributed by atoms with Gasteiger partial charge in [-0.3, -0.25) is 14.5 Å². The second kappa shape index (κ2) is 10.2. The van der Waals surface area contributed by atoms with Gasteiger partial charge in [-0.2, -0.15) is 13.2 Å². The van der Waals surface area contributed by atoms with E-state index in [4.69, 9.17) is 19.4 Å². The van der Waals surface area contributed by atoms with Crippen molar-refractivity contribution in [2.75, 3.05) is 20.2 Å². The Hall–Kier alpha value is -3.87. The SMILES string of the molecule is COc1ccc(CN2C[C@@]3(C(=O)O)C[C@@]3(C(=O)O)C2)cc1OCc1ccc(F)cc1.O=C(O)C(F)(F)F. The van der Waals surface area contributed by atoms with Crippen molar-refractivity contribution >= 4 is 17.9 Å². The third-order valence-corrected chi connectivity index (χ3v) is 6.38. The van der Waals surface area contributed by atoms with E-state index in [0.29, 0.717) is 18.0 Å². The Morgan fingerprint density at radius 2 is 1.43 bits per heavy atom. The molecule has 9 nitrogen and oxygen atoms in total. The van der Waals surface area contributed by atoms with Crippen LogP contribution in [0, 0.1) is 16.6 Å². The van der Waals surface area contributed by atoms with Gasteiger partial charge < -0.3 is 24.8 Å². The number of carbonyl (C=O) groups is 3. The van der Waals surface area contributed by atoms with Crippen LogP contribution in [0.4, 0.5) is 17.6 Å². The first kappa shape index (κ1) is 27.7. The number of carboxylic acid groups (broad SMARTS) is 3. The molecule has 1 saturated heterocycles. The highest BCUT2D eigenvalue weighted by molar-refractivity contribution is 5.94. The van der Waals surface area contributed by atoms with Crippen LogP contribution in [0.15, 0.2) is 42.5 Å². The summed E-state index contributed by atoms with van der Waals surface area (Å²) in [6.45, 7) is 1.04. The van der Waals surface area contributed by atoms with E-state index in [1.54, 1.807) is 24.3 Å². The third-order valence-electron chi connectivity index (χ3n) is 6.38. The first-order valence-corrected chi connectivity index (χ1v) is 10.8. The molecule has 1 heterocycles. The van der Waals surface area contributed by atoms with E-state index in [1.165, 1.54) is 19.2 Å². The molecule has 1 saturated carbocycles. The van der Waals surface area contributed by atoms with Gasteiger partial charge in [-0.15, -0.1) is 0 Å². The van der Waals surface area contributed by atoms with E-state index in [9.17, 15) is 37.4 Å². The molecular formula is C24H23F4NO8. The average molecular weight is 529 g/mol. The Bertz CT molecular complexity index is 1160. The summed E-state index contributed by atoms with van der Waals surface area (Å²) in [5.74, 6) is -4.14. The third kappa shape index (κ3) is 5.77. The number of nitrogens with zero attached hydrogens (tertiary/aromatic N) is 1. The van der Waals surface area contributed by atoms with Gasteiger partial charge in [0.2, 0.25) is 0 Å². The van der Waals surface area contributed by atoms with Crippen molar-refractivity contribution in [3.05, 3.63) is 59.4 Å². The number of aliphatic carboxylic acids is 3. The molecular weight excluding hydrogens is 506 g/mol. The fraction of sp³-hybridized carbons (Fsp3) is 0.375. The number of hydrogen-bond donors (Lipinski definition) is 3. The molecule has 4 rings (SSSR count). The maximum atomic E-state index is 13.1. The fourth-order valence-electron chi connectivity index (χ4n) is 4.44. The van der Waals surface area contributed by atoms with Gasteiger partial charge in [0, 0.05) is 19.6 Å². The molecule has 3 N–H and O–H groups in total. The van der Waals surface area contributed by atoms with E-state index < -0.39 is 34.9 Å². The van der Waals surface area contributed by atoms with Gasteiger partial charge >= 0.3 is 24.1 Å². The largest absolute Gasteiger partial charge is 0.493 e. The number of carboxylic acids is 3. The number of halogens is 4. The normalized spacial score (nSPS) is 22.3. The quantitative estimate of drug-likeness (QED) is 0.440. The van der Waals surface area contributed by atoms with Crippen molar-refractivity contribution in [2.45, 2.75) is 25.7 Å². The Balaban J connectivity index is 0.000000479. The molecule has 0 aromatic heterocycles. The van der Waals surface area contributed by atoms with Crippen LogP contribution < -0.4 is 9.47 Å². The number of likely N-dealkylation sites (tertiary alicyclic amines) is 1. The number of hydrogen-bond acceptors (Lipinski definition) is 6. The van der Waals surface area contributed by atoms with E-state index in [-0.39, 0.29) is 31.9 Å². The average Bonchev–Trinajstić information content (AvgIpc) is 3.37. The minimum atomic E-state index is -5.08. The molecule has 0 unspecified atom stereocenters. The molecule has 0 bridgehead atoms. The standard InChI is InChI=1S/C22H22FNO6.C2HF3O2/c1-29-17-7-4-15(8-18(17)30-10-14-2-5-16(23)6-3-14)9-24-12-21(19(25)26)11-22(21,13-24)20(27)28;3-2(4,5)1(6)7/h2-8H,9-13H2,1H3,(H,25,26)(H,27,28);(H,6,7)/t21-,22+;. The zero-order chi connectivity index (χ0) is 27.6. The van der Waals surface area contributed by atoms with Crippen LogP contribution >= 0.6 is 0 Å². The second-order valence-electron chi connectivity index (χ2n) is 8.80. The number of methoxy groups -OCH3 is 1. The zero-order valence-corrected chi connectivity index (χ0v) is 19.4. The lowest BCUT2D eigenvalue weighted by Crippen LogP contribution is -2.28. The van der Waals surface area contributed by atoms with Crippen molar-refractivity contribution in [2.24, 2.45) is 10.8 Å². The van der Waals surface area contributed by atoms with Gasteiger partial charge in [-0.1, -0.05) is 18.2 Å². The molecule has 1 aliphatic carbocycles. The van der Waals surface area contributed by atoms with Crippen LogP contribution in [-0.4, -0.2) is 64.5 Å². The van der Waals surface area contributed by atoms with Crippen molar-refractivity contribution in [3.8, 4) is 11.5 Å². The van der Waals surface area contributed by atoms with Crippen LogP contribution in [-0.2, 0) is 27.5 Å². The molecule has 13 heteroatoms. The van der Waals surface area contributed by atoms with Crippen molar-refractivity contribution in [3.63, 3.8) is 0 Å². The number of rotatable bonds is 8. The molecule has 200 valence electrons. The van der Waals surface area contributed by atoms with Crippen LogP contribution in [0.2, 0.25) is 0 Å². The smallest absolute Gasteiger partial charge is 0.490 e. The van der Waals surface area contributed by atoms with Crippen molar-refractivity contribution in [1.82, 2.24) is 4.90 Å². The summed E-state index contributed by atoms with van der Waals surface area (Å²) < 4.78 is 56.0. The summed E-state index contributed by atoms with van der Waals surface area (Å²) in [5, 5.41) is 26.3. The van der Waals surface area contributed by atoms with Crippen molar-refractivity contribution in [1.29, 1.82) is 0 Å². The predicted molar refractivity (Wildman–Crippen MR) is 117 cm³/mol. The van der Waals surface area contributed by atoms with Gasteiger partial charge in [0.15, 0.2) is 11.5 Å². The summed E-state index contributed by atoms with van der Waals surface area (Å²) >= 11 is 0. The Labute approximate surface area is 207 Å². The Morgan fingerprint density at radius 1 is 0.919 bits per heavy atom. The van der Waals surface area contributed by atoms with Gasteiger partial charge in [0.05, 0.1) is 17.9 Å². The minimum absolute atomic E-state index is 0.176. The monoisotopic (exact) mass is 529 g/mol. The second-order valence-corrected chi connectivity index (χ2v) is 8.80. The number of ether oxygens (including phenoxy) is 2. The predicted octanol–water partition coefficient (Wildman–Crippen LogP) is 3.41. The highest BCUT2D eigenvalue weighted by atomic mass is 19.4. The molecule has 2 aromatic carbocycles. The minimum Gasteiger partial charge on any atom is -0.493 e. The molecule has 2 aromatic rings. The number of benzene rings is 2. The van der Waals surface area contributed by atoms with Crippen LogP contribution in [0.5, 0.6) is 11.5 Å². The Kier molecular flexibility index (Phi) is 7.67. The first-order chi connectivity index (χ1) is 17.2. The lowest BCUT2D eigenvalue weighted by atomic mass is 9.97. The van der Waals surface area contributed by atoms with Crippen LogP contribution in [0.1, 0.15) is 17.5 Å². The summed E-state index contributed by atoms with van der Waals surface area (Å²) in [7, 11) is 1.53. The lowest BCUT2D eigenvalue weighted by molar-refractivity contribution is -0.192. The lowest BCUT2D eigenvalue weighted by Gasteiger charge is -2.20. The van der Waals surface area contributed by atoms with E-state index in [2.05, 4.69) is 0 Å². The maximum absolute atomic E-state index is 13.1. The maximum Gasteiger partial charge on any atom is 0.490 e. The summed E-state index contributed by atoms with van der Waals surface area (Å²) in [5.41, 5.74) is -0.747. The molecule has 2 fully saturated rings. The van der Waals surface area contributed by atoms with E-state index >= 15 is 0 Å². The van der Waals surface area contributed by atoms with Gasteiger partial charge in [-0.25, -0.2) is 9.18 Å². The highest BCUT2D eigenvalue weighted by Gasteiger charge is 2.80. The molecule has 0 amide bonds. The van der Waals surface area contributed by atoms with Gasteiger partial charge in [-0.05, 0) is 41.8 Å². The van der Waals surface area contributed by atoms with Crippen molar-refractivity contribution < 1.29 is 56.7 Å². The molecule has 2 atom stereocenters. The van der Waals surface area contributed by atoms with Gasteiger partial charge in [0.1, 0.15) is 12.4 Å². The van der Waals surface area contributed by atoms with Gasteiger partial charge in [0.25, 0.3) is 0 Å².